The fourth-order valence-electron chi connectivity index (χ4n) is 2.71. The number of rotatable bonds is 4. The molecular formula is C17H19FN2OS. The van der Waals surface area contributed by atoms with E-state index in [2.05, 4.69) is 21.7 Å². The number of hydrogen-bond acceptors (Lipinski definition) is 3. The Balaban J connectivity index is 1.55. The van der Waals surface area contributed by atoms with Crippen LogP contribution in [0.3, 0.4) is 0 Å². The number of nitrogens with zero attached hydrogens (tertiary/aromatic N) is 1. The van der Waals surface area contributed by atoms with Crippen LogP contribution in [0.5, 0.6) is 0 Å². The van der Waals surface area contributed by atoms with Gasteiger partial charge in [0.15, 0.2) is 0 Å². The van der Waals surface area contributed by atoms with E-state index in [1.165, 1.54) is 22.6 Å². The fraction of sp³-hybridized carbons (Fsp3) is 0.353. The maximum Gasteiger partial charge on any atom is 0.237 e. The smallest absolute Gasteiger partial charge is 0.237 e. The van der Waals surface area contributed by atoms with Crippen LogP contribution in [-0.2, 0) is 24.3 Å². The highest BCUT2D eigenvalue weighted by molar-refractivity contribution is 7.10. The molecule has 1 aromatic heterocycles. The molecule has 3 rings (SSSR count). The van der Waals surface area contributed by atoms with Crippen molar-refractivity contribution in [3.8, 4) is 0 Å². The number of fused-ring (bicyclic) bond motifs is 1. The molecule has 0 bridgehead atoms. The van der Waals surface area contributed by atoms with Crippen LogP contribution in [0, 0.1) is 5.82 Å². The number of nitrogens with one attached hydrogen (secondary N) is 1. The summed E-state index contributed by atoms with van der Waals surface area (Å²) >= 11 is 1.80. The van der Waals surface area contributed by atoms with Gasteiger partial charge in [-0.05, 0) is 48.1 Å². The summed E-state index contributed by atoms with van der Waals surface area (Å²) in [5.41, 5.74) is 2.25. The van der Waals surface area contributed by atoms with E-state index in [0.29, 0.717) is 6.54 Å². The maximum absolute atomic E-state index is 12.9. The summed E-state index contributed by atoms with van der Waals surface area (Å²) in [5.74, 6) is -0.244. The van der Waals surface area contributed by atoms with E-state index >= 15 is 0 Å². The molecule has 2 heterocycles. The average Bonchev–Trinajstić information content (AvgIpc) is 3.00. The van der Waals surface area contributed by atoms with Crippen molar-refractivity contribution in [2.45, 2.75) is 32.5 Å². The first-order valence-corrected chi connectivity index (χ1v) is 8.33. The molecule has 0 fully saturated rings. The molecule has 1 aliphatic rings. The molecule has 1 aliphatic heterocycles. The molecule has 22 heavy (non-hydrogen) atoms. The highest BCUT2D eigenvalue weighted by atomic mass is 32.1. The van der Waals surface area contributed by atoms with Gasteiger partial charge >= 0.3 is 0 Å². The van der Waals surface area contributed by atoms with Crippen LogP contribution in [0.2, 0.25) is 0 Å². The molecule has 1 aromatic carbocycles. The van der Waals surface area contributed by atoms with Crippen LogP contribution in [0.25, 0.3) is 0 Å². The molecule has 1 amide bonds. The van der Waals surface area contributed by atoms with Crippen molar-refractivity contribution in [1.82, 2.24) is 10.2 Å². The Morgan fingerprint density at radius 1 is 1.36 bits per heavy atom. The van der Waals surface area contributed by atoms with Crippen molar-refractivity contribution in [2.24, 2.45) is 0 Å². The standard InChI is InChI=1S/C17H19FN2OS/c1-12(20-8-6-16-14(11-20)7-9-22-16)17(21)19-10-13-2-4-15(18)5-3-13/h2-5,7,9,12H,6,8,10-11H2,1H3,(H,19,21)/t12-/m0/s1. The van der Waals surface area contributed by atoms with Crippen molar-refractivity contribution in [3.63, 3.8) is 0 Å². The van der Waals surface area contributed by atoms with Gasteiger partial charge in [0.1, 0.15) is 5.82 Å². The Bertz CT molecular complexity index is 653. The number of amides is 1. The number of hydrogen-bond donors (Lipinski definition) is 1. The van der Waals surface area contributed by atoms with Gasteiger partial charge in [0.05, 0.1) is 6.04 Å². The van der Waals surface area contributed by atoms with E-state index in [-0.39, 0.29) is 17.8 Å². The summed E-state index contributed by atoms with van der Waals surface area (Å²) in [6, 6.07) is 8.20. The summed E-state index contributed by atoms with van der Waals surface area (Å²) < 4.78 is 12.9. The third kappa shape index (κ3) is 3.36. The van der Waals surface area contributed by atoms with E-state index < -0.39 is 0 Å². The van der Waals surface area contributed by atoms with Crippen molar-refractivity contribution in [1.29, 1.82) is 0 Å². The molecule has 0 unspecified atom stereocenters. The summed E-state index contributed by atoms with van der Waals surface area (Å²) in [7, 11) is 0. The van der Waals surface area contributed by atoms with Gasteiger partial charge in [0.25, 0.3) is 0 Å². The SMILES string of the molecule is C[C@@H](C(=O)NCc1ccc(F)cc1)N1CCc2sccc2C1. The number of halogens is 1. The summed E-state index contributed by atoms with van der Waals surface area (Å²) in [5, 5.41) is 5.05. The number of thiophene rings is 1. The van der Waals surface area contributed by atoms with Gasteiger partial charge < -0.3 is 5.32 Å². The van der Waals surface area contributed by atoms with E-state index in [1.807, 2.05) is 6.92 Å². The molecular weight excluding hydrogens is 299 g/mol. The predicted molar refractivity (Wildman–Crippen MR) is 86.1 cm³/mol. The molecule has 1 atom stereocenters. The minimum atomic E-state index is -0.261. The quantitative estimate of drug-likeness (QED) is 0.940. The van der Waals surface area contributed by atoms with Crippen molar-refractivity contribution >= 4 is 17.2 Å². The number of carbonyl (C=O) groups excluding carboxylic acids is 1. The Labute approximate surface area is 133 Å². The minimum Gasteiger partial charge on any atom is -0.351 e. The lowest BCUT2D eigenvalue weighted by Crippen LogP contribution is -2.46. The van der Waals surface area contributed by atoms with Gasteiger partial charge in [-0.15, -0.1) is 11.3 Å². The van der Waals surface area contributed by atoms with Crippen LogP contribution >= 0.6 is 11.3 Å². The zero-order valence-corrected chi connectivity index (χ0v) is 13.3. The normalized spacial score (nSPS) is 16.1. The lowest BCUT2D eigenvalue weighted by molar-refractivity contribution is -0.126. The molecule has 1 N–H and O–H groups in total. The maximum atomic E-state index is 12.9. The largest absolute Gasteiger partial charge is 0.351 e. The van der Waals surface area contributed by atoms with Gasteiger partial charge in [-0.25, -0.2) is 4.39 Å². The molecule has 3 nitrogen and oxygen atoms in total. The zero-order chi connectivity index (χ0) is 15.5. The third-order valence-corrected chi connectivity index (χ3v) is 5.17. The molecule has 0 spiro atoms. The Hall–Kier alpha value is -1.72. The number of benzene rings is 1. The fourth-order valence-corrected chi connectivity index (χ4v) is 3.60. The molecule has 0 radical (unpaired) electrons. The van der Waals surface area contributed by atoms with Crippen molar-refractivity contribution in [2.75, 3.05) is 6.54 Å². The Kier molecular flexibility index (Phi) is 4.55. The van der Waals surface area contributed by atoms with Crippen molar-refractivity contribution < 1.29 is 9.18 Å². The van der Waals surface area contributed by atoms with E-state index in [9.17, 15) is 9.18 Å². The van der Waals surface area contributed by atoms with Gasteiger partial charge in [-0.1, -0.05) is 12.1 Å². The second-order valence-corrected chi connectivity index (χ2v) is 6.61. The first-order chi connectivity index (χ1) is 10.6. The molecule has 116 valence electrons. The number of carbonyl (C=O) groups is 1. The minimum absolute atomic E-state index is 0.0167. The lowest BCUT2D eigenvalue weighted by Gasteiger charge is -2.31. The Morgan fingerprint density at radius 3 is 2.91 bits per heavy atom. The Morgan fingerprint density at radius 2 is 2.14 bits per heavy atom. The highest BCUT2D eigenvalue weighted by Crippen LogP contribution is 2.25. The van der Waals surface area contributed by atoms with Gasteiger partial charge in [0, 0.05) is 24.5 Å². The van der Waals surface area contributed by atoms with Crippen LogP contribution in [0.4, 0.5) is 4.39 Å². The monoisotopic (exact) mass is 318 g/mol. The molecule has 0 saturated heterocycles. The van der Waals surface area contributed by atoms with E-state index in [4.69, 9.17) is 0 Å². The molecule has 2 aromatic rings. The summed E-state index contributed by atoms with van der Waals surface area (Å²) in [4.78, 5) is 16.0. The van der Waals surface area contributed by atoms with E-state index in [1.54, 1.807) is 23.5 Å². The van der Waals surface area contributed by atoms with E-state index in [0.717, 1.165) is 25.1 Å². The topological polar surface area (TPSA) is 32.3 Å². The highest BCUT2D eigenvalue weighted by Gasteiger charge is 2.25. The molecule has 0 aliphatic carbocycles. The van der Waals surface area contributed by atoms with Gasteiger partial charge in [0.2, 0.25) is 5.91 Å². The third-order valence-electron chi connectivity index (χ3n) is 4.14. The van der Waals surface area contributed by atoms with Crippen LogP contribution in [-0.4, -0.2) is 23.4 Å². The first kappa shape index (κ1) is 15.2. The first-order valence-electron chi connectivity index (χ1n) is 7.45. The average molecular weight is 318 g/mol. The van der Waals surface area contributed by atoms with Crippen LogP contribution in [0.1, 0.15) is 22.9 Å². The summed E-state index contributed by atoms with van der Waals surface area (Å²) in [6.07, 6.45) is 1.02. The van der Waals surface area contributed by atoms with Crippen LogP contribution < -0.4 is 5.32 Å². The predicted octanol–water partition coefficient (Wildman–Crippen LogP) is 2.95. The zero-order valence-electron chi connectivity index (χ0n) is 12.5. The van der Waals surface area contributed by atoms with Crippen LogP contribution in [0.15, 0.2) is 35.7 Å². The summed E-state index contributed by atoms with van der Waals surface area (Å²) in [6.45, 7) is 4.13. The molecule has 5 heteroatoms. The van der Waals surface area contributed by atoms with Gasteiger partial charge in [-0.3, -0.25) is 9.69 Å². The second kappa shape index (κ2) is 6.58. The second-order valence-electron chi connectivity index (χ2n) is 5.61. The molecule has 0 saturated carbocycles. The van der Waals surface area contributed by atoms with Crippen molar-refractivity contribution in [3.05, 3.63) is 57.5 Å². The van der Waals surface area contributed by atoms with Gasteiger partial charge in [-0.2, -0.15) is 0 Å². The lowest BCUT2D eigenvalue weighted by atomic mass is 10.1.